The van der Waals surface area contributed by atoms with Crippen LogP contribution in [0.15, 0.2) is 60.8 Å². The van der Waals surface area contributed by atoms with Crippen LogP contribution < -0.4 is 9.64 Å². The van der Waals surface area contributed by atoms with Crippen molar-refractivity contribution in [2.75, 3.05) is 11.4 Å². The predicted molar refractivity (Wildman–Crippen MR) is 116 cm³/mol. The van der Waals surface area contributed by atoms with Crippen molar-refractivity contribution in [1.82, 2.24) is 15.2 Å². The van der Waals surface area contributed by atoms with E-state index in [1.165, 1.54) is 11.1 Å². The summed E-state index contributed by atoms with van der Waals surface area (Å²) >= 11 is 0. The van der Waals surface area contributed by atoms with Gasteiger partial charge in [0.1, 0.15) is 17.3 Å². The van der Waals surface area contributed by atoms with E-state index in [-0.39, 0.29) is 6.10 Å². The fourth-order valence-corrected chi connectivity index (χ4v) is 3.99. The quantitative estimate of drug-likeness (QED) is 0.539. The first kappa shape index (κ1) is 17.7. The SMILES string of the molecule is CC(C)Oc1ccc2[nH]nc(-c3ccnc(N4CCc5ccccc5C4)c3)c2c1. The molecule has 0 amide bonds. The molecule has 0 aliphatic carbocycles. The fourth-order valence-electron chi connectivity index (χ4n) is 3.99. The van der Waals surface area contributed by atoms with Gasteiger partial charge in [0.15, 0.2) is 0 Å². The number of nitrogens with zero attached hydrogens (tertiary/aromatic N) is 3. The second kappa shape index (κ2) is 7.24. The minimum atomic E-state index is 0.136. The Bertz CT molecular complexity index is 1160. The van der Waals surface area contributed by atoms with Gasteiger partial charge >= 0.3 is 0 Å². The summed E-state index contributed by atoms with van der Waals surface area (Å²) in [6.07, 6.45) is 3.06. The maximum Gasteiger partial charge on any atom is 0.129 e. The van der Waals surface area contributed by atoms with Crippen molar-refractivity contribution in [3.63, 3.8) is 0 Å². The molecule has 0 fully saturated rings. The van der Waals surface area contributed by atoms with Crippen LogP contribution in [0.2, 0.25) is 0 Å². The van der Waals surface area contributed by atoms with Gasteiger partial charge in [0.05, 0.1) is 11.6 Å². The second-order valence-corrected chi connectivity index (χ2v) is 7.79. The number of benzene rings is 2. The Balaban J connectivity index is 1.49. The summed E-state index contributed by atoms with van der Waals surface area (Å²) in [7, 11) is 0. The smallest absolute Gasteiger partial charge is 0.129 e. The topological polar surface area (TPSA) is 54.0 Å². The van der Waals surface area contributed by atoms with Crippen LogP contribution in [0, 0.1) is 0 Å². The van der Waals surface area contributed by atoms with Crippen LogP contribution >= 0.6 is 0 Å². The fraction of sp³-hybridized carbons (Fsp3) is 0.250. The Hall–Kier alpha value is -3.34. The number of aromatic amines is 1. The van der Waals surface area contributed by atoms with Crippen LogP contribution in [0.25, 0.3) is 22.2 Å². The Kier molecular flexibility index (Phi) is 4.43. The second-order valence-electron chi connectivity index (χ2n) is 7.79. The third-order valence-electron chi connectivity index (χ3n) is 5.38. The van der Waals surface area contributed by atoms with E-state index < -0.39 is 0 Å². The molecule has 0 spiro atoms. The number of ether oxygens (including phenoxy) is 1. The van der Waals surface area contributed by atoms with Crippen molar-refractivity contribution in [2.24, 2.45) is 0 Å². The highest BCUT2D eigenvalue weighted by atomic mass is 16.5. The van der Waals surface area contributed by atoms with Gasteiger partial charge in [0, 0.05) is 30.2 Å². The zero-order valence-corrected chi connectivity index (χ0v) is 16.7. The van der Waals surface area contributed by atoms with E-state index in [1.54, 1.807) is 0 Å². The molecule has 0 unspecified atom stereocenters. The van der Waals surface area contributed by atoms with Gasteiger partial charge in [-0.05, 0) is 61.7 Å². The van der Waals surface area contributed by atoms with Gasteiger partial charge in [-0.1, -0.05) is 24.3 Å². The Morgan fingerprint density at radius 1 is 1.03 bits per heavy atom. The lowest BCUT2D eigenvalue weighted by Crippen LogP contribution is -2.30. The Morgan fingerprint density at radius 3 is 2.76 bits per heavy atom. The van der Waals surface area contributed by atoms with E-state index in [2.05, 4.69) is 56.5 Å². The number of rotatable bonds is 4. The van der Waals surface area contributed by atoms with E-state index in [0.717, 1.165) is 53.2 Å². The predicted octanol–water partition coefficient (Wildman–Crippen LogP) is 4.97. The van der Waals surface area contributed by atoms with Crippen LogP contribution in [0.4, 0.5) is 5.82 Å². The molecule has 0 bridgehead atoms. The molecule has 2 aromatic carbocycles. The van der Waals surface area contributed by atoms with Crippen LogP contribution in [0.3, 0.4) is 0 Å². The summed E-state index contributed by atoms with van der Waals surface area (Å²) in [5, 5.41) is 8.78. The van der Waals surface area contributed by atoms with Gasteiger partial charge in [-0.25, -0.2) is 4.98 Å². The maximum atomic E-state index is 5.87. The number of nitrogens with one attached hydrogen (secondary N) is 1. The molecule has 5 heteroatoms. The van der Waals surface area contributed by atoms with E-state index in [0.29, 0.717) is 0 Å². The minimum absolute atomic E-state index is 0.136. The van der Waals surface area contributed by atoms with E-state index in [9.17, 15) is 0 Å². The van der Waals surface area contributed by atoms with Crippen molar-refractivity contribution in [2.45, 2.75) is 32.9 Å². The van der Waals surface area contributed by atoms with Crippen molar-refractivity contribution in [3.05, 3.63) is 71.9 Å². The third-order valence-corrected chi connectivity index (χ3v) is 5.38. The number of aromatic nitrogens is 3. The monoisotopic (exact) mass is 384 g/mol. The number of H-pyrrole nitrogens is 1. The Morgan fingerprint density at radius 2 is 1.90 bits per heavy atom. The summed E-state index contributed by atoms with van der Waals surface area (Å²) in [6.45, 7) is 5.93. The zero-order chi connectivity index (χ0) is 19.8. The number of fused-ring (bicyclic) bond motifs is 2. The minimum Gasteiger partial charge on any atom is -0.491 e. The molecule has 0 saturated carbocycles. The van der Waals surface area contributed by atoms with E-state index >= 15 is 0 Å². The number of pyridine rings is 1. The van der Waals surface area contributed by atoms with Crippen LogP contribution in [0.1, 0.15) is 25.0 Å². The van der Waals surface area contributed by atoms with E-state index in [1.807, 2.05) is 38.2 Å². The molecule has 4 aromatic rings. The van der Waals surface area contributed by atoms with E-state index in [4.69, 9.17) is 4.74 Å². The van der Waals surface area contributed by atoms with Gasteiger partial charge in [-0.15, -0.1) is 0 Å². The molecule has 0 atom stereocenters. The molecule has 3 heterocycles. The molecular weight excluding hydrogens is 360 g/mol. The van der Waals surface area contributed by atoms with Gasteiger partial charge in [-0.2, -0.15) is 5.10 Å². The van der Waals surface area contributed by atoms with Crippen LogP contribution in [-0.4, -0.2) is 27.8 Å². The molecular formula is C24H24N4O. The van der Waals surface area contributed by atoms with Crippen molar-refractivity contribution in [3.8, 4) is 17.0 Å². The van der Waals surface area contributed by atoms with Crippen molar-refractivity contribution >= 4 is 16.7 Å². The lowest BCUT2D eigenvalue weighted by atomic mass is 10.00. The summed E-state index contributed by atoms with van der Waals surface area (Å²) in [6, 6.07) is 18.9. The average molecular weight is 384 g/mol. The molecule has 5 nitrogen and oxygen atoms in total. The maximum absolute atomic E-state index is 5.87. The summed E-state index contributed by atoms with van der Waals surface area (Å²) in [5.74, 6) is 1.85. The average Bonchev–Trinajstić information content (AvgIpc) is 3.16. The molecule has 2 aromatic heterocycles. The molecule has 29 heavy (non-hydrogen) atoms. The van der Waals surface area contributed by atoms with Crippen LogP contribution in [0.5, 0.6) is 5.75 Å². The molecule has 1 N–H and O–H groups in total. The van der Waals surface area contributed by atoms with Gasteiger partial charge in [0.25, 0.3) is 0 Å². The highest BCUT2D eigenvalue weighted by Gasteiger charge is 2.18. The van der Waals surface area contributed by atoms with Gasteiger partial charge < -0.3 is 9.64 Å². The number of anilines is 1. The highest BCUT2D eigenvalue weighted by Crippen LogP contribution is 2.32. The third kappa shape index (κ3) is 3.44. The molecule has 1 aliphatic rings. The summed E-state index contributed by atoms with van der Waals surface area (Å²) < 4.78 is 5.87. The van der Waals surface area contributed by atoms with Crippen LogP contribution in [-0.2, 0) is 13.0 Å². The van der Waals surface area contributed by atoms with Crippen molar-refractivity contribution < 1.29 is 4.74 Å². The first-order valence-corrected chi connectivity index (χ1v) is 10.1. The van der Waals surface area contributed by atoms with Crippen molar-refractivity contribution in [1.29, 1.82) is 0 Å². The first-order valence-electron chi connectivity index (χ1n) is 10.1. The van der Waals surface area contributed by atoms with Gasteiger partial charge in [-0.3, -0.25) is 5.10 Å². The number of hydrogen-bond acceptors (Lipinski definition) is 4. The lowest BCUT2D eigenvalue weighted by Gasteiger charge is -2.30. The highest BCUT2D eigenvalue weighted by molar-refractivity contribution is 5.94. The molecule has 0 radical (unpaired) electrons. The molecule has 0 saturated heterocycles. The summed E-state index contributed by atoms with van der Waals surface area (Å²) in [5.41, 5.74) is 5.81. The zero-order valence-electron chi connectivity index (χ0n) is 16.7. The first-order chi connectivity index (χ1) is 14.2. The Labute approximate surface area is 170 Å². The summed E-state index contributed by atoms with van der Waals surface area (Å²) in [4.78, 5) is 6.99. The molecule has 1 aliphatic heterocycles. The number of hydrogen-bond donors (Lipinski definition) is 1. The normalized spacial score (nSPS) is 13.7. The molecule has 5 rings (SSSR count). The lowest BCUT2D eigenvalue weighted by molar-refractivity contribution is 0.243. The standard InChI is InChI=1S/C24H24N4O/c1-16(2)29-20-7-8-22-21(14-20)24(27-26-22)18-9-11-25-23(13-18)28-12-10-17-5-3-4-6-19(17)15-28/h3-9,11,13-14,16H,10,12,15H2,1-2H3,(H,26,27). The largest absolute Gasteiger partial charge is 0.491 e. The molecule has 146 valence electrons. The van der Waals surface area contributed by atoms with Gasteiger partial charge in [0.2, 0.25) is 0 Å².